The Morgan fingerprint density at radius 3 is 2.53 bits per heavy atom. The summed E-state index contributed by atoms with van der Waals surface area (Å²) >= 11 is 0. The highest BCUT2D eigenvalue weighted by molar-refractivity contribution is 5.14. The molecule has 0 aliphatic heterocycles. The monoisotopic (exact) mass is 257 g/mol. The van der Waals surface area contributed by atoms with Gasteiger partial charge in [-0.1, -0.05) is 55.7 Å². The second-order valence-corrected chi connectivity index (χ2v) is 5.98. The fourth-order valence-electron chi connectivity index (χ4n) is 3.29. The van der Waals surface area contributed by atoms with Crippen molar-refractivity contribution in [1.29, 1.82) is 0 Å². The maximum atomic E-state index is 3.88. The first kappa shape index (κ1) is 14.3. The summed E-state index contributed by atoms with van der Waals surface area (Å²) in [6.45, 7) is 6.04. The lowest BCUT2D eigenvalue weighted by atomic mass is 9.71. The van der Waals surface area contributed by atoms with Gasteiger partial charge in [-0.05, 0) is 36.7 Å². The molecule has 0 heterocycles. The number of hydrogen-bond donors (Lipinski definition) is 1. The van der Waals surface area contributed by atoms with Crippen LogP contribution in [0.1, 0.15) is 50.5 Å². The first-order valence-corrected chi connectivity index (χ1v) is 7.70. The zero-order valence-corrected chi connectivity index (χ0v) is 12.0. The molecule has 1 N–H and O–H groups in total. The minimum atomic E-state index is 0.529. The first-order chi connectivity index (χ1) is 9.35. The van der Waals surface area contributed by atoms with Crippen molar-refractivity contribution in [1.82, 2.24) is 5.32 Å². The predicted molar refractivity (Wildman–Crippen MR) is 83.1 cm³/mol. The molecule has 2 rings (SSSR count). The van der Waals surface area contributed by atoms with Crippen molar-refractivity contribution < 1.29 is 0 Å². The van der Waals surface area contributed by atoms with Crippen molar-refractivity contribution in [3.63, 3.8) is 0 Å². The molecule has 1 aromatic rings. The molecule has 1 aliphatic rings. The molecule has 0 aromatic heterocycles. The Bertz CT molecular complexity index is 363. The number of benzene rings is 1. The summed E-state index contributed by atoms with van der Waals surface area (Å²) in [4.78, 5) is 0. The zero-order chi connectivity index (χ0) is 13.4. The van der Waals surface area contributed by atoms with E-state index >= 15 is 0 Å². The normalized spacial score (nSPS) is 18.1. The Labute approximate surface area is 118 Å². The summed E-state index contributed by atoms with van der Waals surface area (Å²) in [5.41, 5.74) is 1.92. The van der Waals surface area contributed by atoms with Crippen LogP contribution in [0.5, 0.6) is 0 Å². The van der Waals surface area contributed by atoms with Crippen molar-refractivity contribution in [2.75, 3.05) is 6.54 Å². The Hall–Kier alpha value is -1.08. The third-order valence-electron chi connectivity index (χ3n) is 4.46. The molecule has 1 heteroatoms. The summed E-state index contributed by atoms with van der Waals surface area (Å²) in [6.07, 6.45) is 11.6. The van der Waals surface area contributed by atoms with E-state index in [0.717, 1.165) is 19.5 Å². The van der Waals surface area contributed by atoms with E-state index in [9.17, 15) is 0 Å². The van der Waals surface area contributed by atoms with Gasteiger partial charge in [0.2, 0.25) is 0 Å². The SMILES string of the molecule is C=CCCC1(CNCc2ccccc2)CCCCC1. The Balaban J connectivity index is 1.84. The molecule has 0 atom stereocenters. The molecule has 0 saturated heterocycles. The maximum Gasteiger partial charge on any atom is 0.0205 e. The Morgan fingerprint density at radius 1 is 1.11 bits per heavy atom. The number of nitrogens with one attached hydrogen (secondary N) is 1. The zero-order valence-electron chi connectivity index (χ0n) is 12.0. The fraction of sp³-hybridized carbons (Fsp3) is 0.556. The highest BCUT2D eigenvalue weighted by atomic mass is 14.9. The second kappa shape index (κ2) is 7.49. The van der Waals surface area contributed by atoms with E-state index in [1.807, 2.05) is 0 Å². The third-order valence-corrected chi connectivity index (χ3v) is 4.46. The van der Waals surface area contributed by atoms with Gasteiger partial charge in [-0.25, -0.2) is 0 Å². The fourth-order valence-corrected chi connectivity index (χ4v) is 3.29. The molecule has 0 spiro atoms. The smallest absolute Gasteiger partial charge is 0.0205 e. The average molecular weight is 257 g/mol. The van der Waals surface area contributed by atoms with E-state index in [1.54, 1.807) is 0 Å². The van der Waals surface area contributed by atoms with Crippen molar-refractivity contribution in [2.24, 2.45) is 5.41 Å². The topological polar surface area (TPSA) is 12.0 Å². The average Bonchev–Trinajstić information content (AvgIpc) is 2.47. The molecule has 1 aliphatic carbocycles. The molecule has 19 heavy (non-hydrogen) atoms. The standard InChI is InChI=1S/C18H27N/c1-2-3-12-18(13-8-5-9-14-18)16-19-15-17-10-6-4-7-11-17/h2,4,6-7,10-11,19H,1,3,5,8-9,12-16H2. The third kappa shape index (κ3) is 4.50. The van der Waals surface area contributed by atoms with Gasteiger partial charge in [-0.15, -0.1) is 6.58 Å². The lowest BCUT2D eigenvalue weighted by Gasteiger charge is -2.37. The molecule has 0 amide bonds. The molecule has 0 unspecified atom stereocenters. The second-order valence-electron chi connectivity index (χ2n) is 5.98. The minimum absolute atomic E-state index is 0.529. The predicted octanol–water partition coefficient (Wildman–Crippen LogP) is 4.69. The largest absolute Gasteiger partial charge is 0.312 e. The van der Waals surface area contributed by atoms with Gasteiger partial charge in [0.05, 0.1) is 0 Å². The van der Waals surface area contributed by atoms with E-state index in [2.05, 4.69) is 48.3 Å². The van der Waals surface area contributed by atoms with E-state index in [4.69, 9.17) is 0 Å². The van der Waals surface area contributed by atoms with Gasteiger partial charge in [0, 0.05) is 13.1 Å². The summed E-state index contributed by atoms with van der Waals surface area (Å²) in [7, 11) is 0. The van der Waals surface area contributed by atoms with Gasteiger partial charge in [-0.2, -0.15) is 0 Å². The van der Waals surface area contributed by atoms with Crippen molar-refractivity contribution in [2.45, 2.75) is 51.5 Å². The van der Waals surface area contributed by atoms with Gasteiger partial charge in [-0.3, -0.25) is 0 Å². The Morgan fingerprint density at radius 2 is 1.84 bits per heavy atom. The summed E-state index contributed by atoms with van der Waals surface area (Å²) < 4.78 is 0. The van der Waals surface area contributed by atoms with Crippen molar-refractivity contribution in [3.05, 3.63) is 48.6 Å². The van der Waals surface area contributed by atoms with E-state index in [0.29, 0.717) is 5.41 Å². The van der Waals surface area contributed by atoms with Gasteiger partial charge >= 0.3 is 0 Å². The van der Waals surface area contributed by atoms with Crippen molar-refractivity contribution >= 4 is 0 Å². The number of hydrogen-bond acceptors (Lipinski definition) is 1. The van der Waals surface area contributed by atoms with Gasteiger partial charge in [0.15, 0.2) is 0 Å². The quantitative estimate of drug-likeness (QED) is 0.699. The summed E-state index contributed by atoms with van der Waals surface area (Å²) in [5.74, 6) is 0. The molecule has 104 valence electrons. The molecular weight excluding hydrogens is 230 g/mol. The van der Waals surface area contributed by atoms with Gasteiger partial charge in [0.25, 0.3) is 0 Å². The lowest BCUT2D eigenvalue weighted by Crippen LogP contribution is -2.35. The van der Waals surface area contributed by atoms with Crippen LogP contribution >= 0.6 is 0 Å². The minimum Gasteiger partial charge on any atom is -0.312 e. The highest BCUT2D eigenvalue weighted by Gasteiger charge is 2.30. The van der Waals surface area contributed by atoms with Crippen LogP contribution in [0.15, 0.2) is 43.0 Å². The lowest BCUT2D eigenvalue weighted by molar-refractivity contribution is 0.167. The molecule has 1 nitrogen and oxygen atoms in total. The number of allylic oxidation sites excluding steroid dienone is 1. The molecular formula is C18H27N. The molecule has 0 radical (unpaired) electrons. The molecule has 0 bridgehead atoms. The van der Waals surface area contributed by atoms with Crippen LogP contribution in [0, 0.1) is 5.41 Å². The van der Waals surface area contributed by atoms with Crippen LogP contribution in [0.2, 0.25) is 0 Å². The van der Waals surface area contributed by atoms with E-state index < -0.39 is 0 Å². The number of rotatable bonds is 7. The molecule has 1 aromatic carbocycles. The van der Waals surface area contributed by atoms with E-state index in [1.165, 1.54) is 44.1 Å². The first-order valence-electron chi connectivity index (χ1n) is 7.70. The Kier molecular flexibility index (Phi) is 5.65. The van der Waals surface area contributed by atoms with Crippen LogP contribution in [0.3, 0.4) is 0 Å². The molecule has 1 saturated carbocycles. The van der Waals surface area contributed by atoms with E-state index in [-0.39, 0.29) is 0 Å². The van der Waals surface area contributed by atoms with Crippen LogP contribution in [0.25, 0.3) is 0 Å². The van der Waals surface area contributed by atoms with Crippen LogP contribution < -0.4 is 5.32 Å². The van der Waals surface area contributed by atoms with Gasteiger partial charge in [0.1, 0.15) is 0 Å². The van der Waals surface area contributed by atoms with Crippen LogP contribution in [-0.2, 0) is 6.54 Å². The molecule has 1 fully saturated rings. The summed E-state index contributed by atoms with van der Waals surface area (Å²) in [6, 6.07) is 10.7. The highest BCUT2D eigenvalue weighted by Crippen LogP contribution is 2.39. The maximum absolute atomic E-state index is 3.88. The van der Waals surface area contributed by atoms with Gasteiger partial charge < -0.3 is 5.32 Å². The summed E-state index contributed by atoms with van der Waals surface area (Å²) in [5, 5.41) is 3.69. The van der Waals surface area contributed by atoms with Crippen LogP contribution in [-0.4, -0.2) is 6.54 Å². The van der Waals surface area contributed by atoms with Crippen molar-refractivity contribution in [3.8, 4) is 0 Å². The van der Waals surface area contributed by atoms with Crippen LogP contribution in [0.4, 0.5) is 0 Å².